The zero-order valence-electron chi connectivity index (χ0n) is 18.6. The third-order valence-electron chi connectivity index (χ3n) is 5.48. The van der Waals surface area contributed by atoms with Gasteiger partial charge in [-0.1, -0.05) is 37.6 Å². The number of nitrogens with one attached hydrogen (secondary N) is 2. The summed E-state index contributed by atoms with van der Waals surface area (Å²) >= 11 is 5.88. The molecule has 1 unspecified atom stereocenters. The third kappa shape index (κ3) is 6.11. The fourth-order valence-corrected chi connectivity index (χ4v) is 3.86. The number of carbonyl (C=O) groups excluding carboxylic acids is 1. The zero-order chi connectivity index (χ0) is 24.9. The summed E-state index contributed by atoms with van der Waals surface area (Å²) in [6, 6.07) is 11.1. The van der Waals surface area contributed by atoms with Crippen LogP contribution in [0.1, 0.15) is 19.4 Å². The minimum absolute atomic E-state index is 0.00897. The Bertz CT molecular complexity index is 1080. The summed E-state index contributed by atoms with van der Waals surface area (Å²) < 4.78 is 40.4. The second kappa shape index (κ2) is 10.7. The van der Waals surface area contributed by atoms with Gasteiger partial charge in [0, 0.05) is 30.3 Å². The van der Waals surface area contributed by atoms with E-state index in [9.17, 15) is 23.2 Å². The molecule has 2 aromatic carbocycles. The van der Waals surface area contributed by atoms with Gasteiger partial charge in [0.05, 0.1) is 17.3 Å². The number of hydrogen-bond acceptors (Lipinski definition) is 3. The van der Waals surface area contributed by atoms with Gasteiger partial charge in [-0.15, -0.1) is 4.99 Å². The number of nitriles is 1. The molecule has 2 amide bonds. The summed E-state index contributed by atoms with van der Waals surface area (Å²) in [5.74, 6) is 0.0188. The lowest BCUT2D eigenvalue weighted by molar-refractivity contribution is -0.136. The average Bonchev–Trinajstić information content (AvgIpc) is 2.79. The van der Waals surface area contributed by atoms with Gasteiger partial charge in [0.1, 0.15) is 0 Å². The molecule has 1 aliphatic rings. The minimum atomic E-state index is -4.57. The maximum absolute atomic E-state index is 13.5. The van der Waals surface area contributed by atoms with Crippen LogP contribution in [0, 0.1) is 17.4 Å². The predicted molar refractivity (Wildman–Crippen MR) is 125 cm³/mol. The molecule has 1 aliphatic heterocycles. The van der Waals surface area contributed by atoms with E-state index in [0.29, 0.717) is 17.3 Å². The van der Waals surface area contributed by atoms with Gasteiger partial charge in [0.25, 0.3) is 0 Å². The molecule has 0 saturated carbocycles. The van der Waals surface area contributed by atoms with E-state index in [1.54, 1.807) is 40.3 Å². The van der Waals surface area contributed by atoms with Crippen LogP contribution >= 0.6 is 11.6 Å². The lowest BCUT2D eigenvalue weighted by Crippen LogP contribution is -2.60. The maximum atomic E-state index is 13.5. The lowest BCUT2D eigenvalue weighted by Gasteiger charge is -2.44. The first kappa shape index (κ1) is 25.2. The number of halogens is 4. The first-order valence-corrected chi connectivity index (χ1v) is 11.0. The number of anilines is 2. The monoisotopic (exact) mass is 492 g/mol. The van der Waals surface area contributed by atoms with Crippen molar-refractivity contribution in [2.24, 2.45) is 10.9 Å². The molecule has 2 N–H and O–H groups in total. The van der Waals surface area contributed by atoms with Gasteiger partial charge in [-0.05, 0) is 42.3 Å². The number of carbonyl (C=O) groups is 1. The number of guanidine groups is 1. The number of aliphatic imine (C=N–C) groups is 1. The number of benzene rings is 2. The van der Waals surface area contributed by atoms with Gasteiger partial charge >= 0.3 is 12.2 Å². The smallest absolute Gasteiger partial charge is 0.335 e. The Morgan fingerprint density at radius 3 is 2.44 bits per heavy atom. The van der Waals surface area contributed by atoms with Crippen LogP contribution < -0.4 is 10.6 Å². The van der Waals surface area contributed by atoms with Gasteiger partial charge in [-0.25, -0.2) is 4.79 Å². The Kier molecular flexibility index (Phi) is 7.89. The molecule has 34 heavy (non-hydrogen) atoms. The number of nitrogens with zero attached hydrogens (tertiary/aromatic N) is 4. The Morgan fingerprint density at radius 1 is 1.15 bits per heavy atom. The molecule has 7 nitrogen and oxygen atoms in total. The molecule has 1 saturated heterocycles. The van der Waals surface area contributed by atoms with Crippen LogP contribution in [-0.2, 0) is 6.18 Å². The van der Waals surface area contributed by atoms with Gasteiger partial charge < -0.3 is 20.4 Å². The van der Waals surface area contributed by atoms with Crippen molar-refractivity contribution in [1.29, 1.82) is 5.26 Å². The van der Waals surface area contributed by atoms with Crippen molar-refractivity contribution in [3.63, 3.8) is 0 Å². The van der Waals surface area contributed by atoms with Crippen molar-refractivity contribution in [2.75, 3.05) is 30.3 Å². The molecule has 1 fully saturated rings. The number of urea groups is 1. The molecule has 0 bridgehead atoms. The summed E-state index contributed by atoms with van der Waals surface area (Å²) in [6.45, 7) is 4.73. The van der Waals surface area contributed by atoms with Crippen molar-refractivity contribution in [1.82, 2.24) is 9.80 Å². The molecule has 1 atom stereocenters. The van der Waals surface area contributed by atoms with E-state index in [2.05, 4.69) is 15.6 Å². The van der Waals surface area contributed by atoms with E-state index >= 15 is 0 Å². The molecule has 0 spiro atoms. The molecular weight excluding hydrogens is 469 g/mol. The highest BCUT2D eigenvalue weighted by Gasteiger charge is 2.36. The van der Waals surface area contributed by atoms with Crippen molar-refractivity contribution < 1.29 is 18.0 Å². The van der Waals surface area contributed by atoms with Crippen LogP contribution in [0.3, 0.4) is 0 Å². The molecule has 3 rings (SSSR count). The number of piperazine rings is 1. The van der Waals surface area contributed by atoms with Crippen LogP contribution in [0.2, 0.25) is 5.02 Å². The topological polar surface area (TPSA) is 83.8 Å². The molecular formula is C23H24ClF3N6O. The molecule has 1 heterocycles. The second-order valence-electron chi connectivity index (χ2n) is 8.09. The summed E-state index contributed by atoms with van der Waals surface area (Å²) in [6.07, 6.45) is -2.90. The SMILES string of the molecule is CC(C)C1CN(C(=O)Nc2ccc(Cl)cc2)CCN1/C(=N/C#N)Nc1ccccc1C(F)(F)F. The van der Waals surface area contributed by atoms with Crippen LogP contribution in [0.4, 0.5) is 29.3 Å². The Morgan fingerprint density at radius 2 is 1.82 bits per heavy atom. The highest BCUT2D eigenvalue weighted by molar-refractivity contribution is 6.30. The van der Waals surface area contributed by atoms with Gasteiger partial charge in [0.15, 0.2) is 0 Å². The van der Waals surface area contributed by atoms with E-state index in [4.69, 9.17) is 11.6 Å². The third-order valence-corrected chi connectivity index (χ3v) is 5.73. The van der Waals surface area contributed by atoms with Crippen LogP contribution in [0.5, 0.6) is 0 Å². The fourth-order valence-electron chi connectivity index (χ4n) is 3.73. The number of hydrogen-bond donors (Lipinski definition) is 2. The highest BCUT2D eigenvalue weighted by Crippen LogP contribution is 2.35. The van der Waals surface area contributed by atoms with Gasteiger partial charge in [-0.2, -0.15) is 18.4 Å². The van der Waals surface area contributed by atoms with Crippen LogP contribution in [-0.4, -0.2) is 47.5 Å². The molecule has 0 radical (unpaired) electrons. The van der Waals surface area contributed by atoms with Crippen molar-refractivity contribution in [3.05, 3.63) is 59.1 Å². The van der Waals surface area contributed by atoms with Gasteiger partial charge in [-0.3, -0.25) is 0 Å². The van der Waals surface area contributed by atoms with Crippen LogP contribution in [0.15, 0.2) is 53.5 Å². The molecule has 11 heteroatoms. The normalized spacial score (nSPS) is 16.9. The van der Waals surface area contributed by atoms with Crippen molar-refractivity contribution in [3.8, 4) is 6.19 Å². The van der Waals surface area contributed by atoms with Gasteiger partial charge in [0.2, 0.25) is 12.2 Å². The van der Waals surface area contributed by atoms with E-state index in [-0.39, 0.29) is 42.7 Å². The quantitative estimate of drug-likeness (QED) is 0.337. The van der Waals surface area contributed by atoms with E-state index in [1.807, 2.05) is 13.8 Å². The first-order chi connectivity index (χ1) is 16.1. The standard InChI is InChI=1S/C23H24ClF3N6O/c1-15(2)20-13-32(22(34)30-17-9-7-16(24)8-10-17)11-12-33(20)21(29-14-28)31-19-6-4-3-5-18(19)23(25,26)27/h3-10,15,20H,11-13H2,1-2H3,(H,29,31)(H,30,34). The fraction of sp³-hybridized carbons (Fsp3) is 0.348. The molecule has 0 aliphatic carbocycles. The Labute approximate surface area is 200 Å². The highest BCUT2D eigenvalue weighted by atomic mass is 35.5. The Hall–Kier alpha value is -3.45. The average molecular weight is 493 g/mol. The van der Waals surface area contributed by atoms with Crippen molar-refractivity contribution in [2.45, 2.75) is 26.1 Å². The number of amides is 2. The first-order valence-electron chi connectivity index (χ1n) is 10.6. The minimum Gasteiger partial charge on any atom is -0.335 e. The molecule has 0 aromatic heterocycles. The molecule has 2 aromatic rings. The summed E-state index contributed by atoms with van der Waals surface area (Å²) in [5.41, 5.74) is -0.466. The predicted octanol–water partition coefficient (Wildman–Crippen LogP) is 5.48. The van der Waals surface area contributed by atoms with E-state index in [1.165, 1.54) is 18.2 Å². The zero-order valence-corrected chi connectivity index (χ0v) is 19.4. The number of para-hydroxylation sites is 1. The lowest BCUT2D eigenvalue weighted by atomic mass is 10.00. The second-order valence-corrected chi connectivity index (χ2v) is 8.53. The maximum Gasteiger partial charge on any atom is 0.418 e. The largest absolute Gasteiger partial charge is 0.418 e. The Balaban J connectivity index is 1.79. The number of alkyl halides is 3. The van der Waals surface area contributed by atoms with E-state index in [0.717, 1.165) is 6.07 Å². The van der Waals surface area contributed by atoms with Crippen molar-refractivity contribution >= 4 is 35.0 Å². The van der Waals surface area contributed by atoms with Crippen LogP contribution in [0.25, 0.3) is 0 Å². The summed E-state index contributed by atoms with van der Waals surface area (Å²) in [7, 11) is 0. The van der Waals surface area contributed by atoms with E-state index < -0.39 is 11.7 Å². The molecule has 180 valence electrons. The summed E-state index contributed by atoms with van der Waals surface area (Å²) in [4.78, 5) is 20.0. The summed E-state index contributed by atoms with van der Waals surface area (Å²) in [5, 5.41) is 15.3. The number of rotatable bonds is 3.